The Morgan fingerprint density at radius 2 is 1.70 bits per heavy atom. The van der Waals surface area contributed by atoms with Crippen molar-refractivity contribution in [3.8, 4) is 0 Å². The minimum atomic E-state index is -0.337. The maximum Gasteiger partial charge on any atom is 0.329 e. The lowest BCUT2D eigenvalue weighted by Crippen LogP contribution is -2.56. The first-order valence-corrected chi connectivity index (χ1v) is 7.65. The molecule has 0 aliphatic heterocycles. The fraction of sp³-hybridized carbons (Fsp3) is 0.733. The van der Waals surface area contributed by atoms with E-state index < -0.39 is 0 Å². The van der Waals surface area contributed by atoms with Crippen LogP contribution < -0.4 is 17.0 Å². The molecule has 1 aromatic rings. The molecular weight excluding hydrogens is 254 g/mol. The molecule has 4 saturated carbocycles. The molecule has 5 rings (SSSR count). The van der Waals surface area contributed by atoms with E-state index in [0.717, 1.165) is 37.0 Å². The molecule has 0 unspecified atom stereocenters. The van der Waals surface area contributed by atoms with E-state index in [4.69, 9.17) is 5.73 Å². The molecule has 1 aromatic heterocycles. The third kappa shape index (κ3) is 1.65. The molecule has 0 aromatic carbocycles. The monoisotopic (exact) mass is 275 g/mol. The largest absolute Gasteiger partial charge is 0.329 e. The van der Waals surface area contributed by atoms with Gasteiger partial charge in [-0.25, -0.2) is 4.79 Å². The molecule has 4 aliphatic rings. The molecule has 4 fully saturated rings. The zero-order valence-electron chi connectivity index (χ0n) is 11.6. The summed E-state index contributed by atoms with van der Waals surface area (Å²) in [6, 6.07) is 1.50. The van der Waals surface area contributed by atoms with Crippen LogP contribution in [-0.4, -0.2) is 9.55 Å². The number of nitrogens with one attached hydrogen (secondary N) is 1. The van der Waals surface area contributed by atoms with Gasteiger partial charge in [0.2, 0.25) is 0 Å². The first-order valence-electron chi connectivity index (χ1n) is 7.65. The molecule has 5 nitrogen and oxygen atoms in total. The molecule has 3 N–H and O–H groups in total. The summed E-state index contributed by atoms with van der Waals surface area (Å²) in [6.07, 6.45) is 7.23. The van der Waals surface area contributed by atoms with E-state index in [2.05, 4.69) is 4.98 Å². The number of hydrogen-bond acceptors (Lipinski definition) is 3. The highest BCUT2D eigenvalue weighted by Crippen LogP contribution is 2.58. The van der Waals surface area contributed by atoms with Crippen LogP contribution in [0.2, 0.25) is 0 Å². The maximum absolute atomic E-state index is 12.4. The Morgan fingerprint density at radius 3 is 2.20 bits per heavy atom. The standard InChI is InChI=1S/C15H21N3O2/c16-8-12-4-13(19)17-14(20)18(12)15-5-9-1-10(6-15)3-11(2-9)7-15/h4,9-11H,1-3,5-8,16H2,(H,17,19,20). The second-order valence-electron chi connectivity index (χ2n) is 7.11. The number of H-pyrrole nitrogens is 1. The Labute approximate surface area is 117 Å². The summed E-state index contributed by atoms with van der Waals surface area (Å²) in [5, 5.41) is 0. The quantitative estimate of drug-likeness (QED) is 0.842. The molecule has 0 radical (unpaired) electrons. The van der Waals surface area contributed by atoms with Crippen LogP contribution in [0.15, 0.2) is 15.7 Å². The number of aromatic nitrogens is 2. The van der Waals surface area contributed by atoms with Gasteiger partial charge in [-0.3, -0.25) is 14.3 Å². The van der Waals surface area contributed by atoms with Gasteiger partial charge in [-0.05, 0) is 56.3 Å². The lowest BCUT2D eigenvalue weighted by molar-refractivity contribution is -0.0468. The first-order chi connectivity index (χ1) is 9.59. The first kappa shape index (κ1) is 12.4. The van der Waals surface area contributed by atoms with E-state index in [0.29, 0.717) is 5.69 Å². The lowest BCUT2D eigenvalue weighted by Gasteiger charge is -2.57. The van der Waals surface area contributed by atoms with Gasteiger partial charge in [-0.2, -0.15) is 0 Å². The molecule has 0 atom stereocenters. The average molecular weight is 275 g/mol. The molecule has 4 bridgehead atoms. The Balaban J connectivity index is 1.89. The molecule has 20 heavy (non-hydrogen) atoms. The van der Waals surface area contributed by atoms with Gasteiger partial charge in [-0.15, -0.1) is 0 Å². The Kier molecular flexibility index (Phi) is 2.52. The highest BCUT2D eigenvalue weighted by Gasteiger charge is 2.52. The van der Waals surface area contributed by atoms with Crippen molar-refractivity contribution in [2.75, 3.05) is 0 Å². The van der Waals surface area contributed by atoms with Gasteiger partial charge >= 0.3 is 5.69 Å². The minimum absolute atomic E-state index is 0.0786. The van der Waals surface area contributed by atoms with Crippen LogP contribution >= 0.6 is 0 Å². The summed E-state index contributed by atoms with van der Waals surface area (Å²) in [4.78, 5) is 26.3. The van der Waals surface area contributed by atoms with Crippen LogP contribution in [0.25, 0.3) is 0 Å². The third-order valence-electron chi connectivity index (χ3n) is 5.71. The van der Waals surface area contributed by atoms with Crippen LogP contribution in [0.1, 0.15) is 44.2 Å². The topological polar surface area (TPSA) is 80.9 Å². The third-order valence-corrected chi connectivity index (χ3v) is 5.71. The van der Waals surface area contributed by atoms with Crippen molar-refractivity contribution in [1.29, 1.82) is 0 Å². The van der Waals surface area contributed by atoms with Gasteiger partial charge in [-0.1, -0.05) is 0 Å². The number of hydrogen-bond donors (Lipinski definition) is 2. The normalized spacial score (nSPS) is 38.4. The average Bonchev–Trinajstić information content (AvgIpc) is 2.35. The van der Waals surface area contributed by atoms with E-state index >= 15 is 0 Å². The van der Waals surface area contributed by atoms with Crippen molar-refractivity contribution in [1.82, 2.24) is 9.55 Å². The number of rotatable bonds is 2. The Morgan fingerprint density at radius 1 is 1.15 bits per heavy atom. The Bertz CT molecular complexity index is 623. The predicted octanol–water partition coefficient (Wildman–Crippen LogP) is 0.921. The zero-order chi connectivity index (χ0) is 13.9. The number of nitrogens with zero attached hydrogens (tertiary/aromatic N) is 1. The van der Waals surface area contributed by atoms with Crippen LogP contribution in [0.4, 0.5) is 0 Å². The summed E-state index contributed by atoms with van der Waals surface area (Å²) in [5.74, 6) is 2.27. The SMILES string of the molecule is NCc1cc(=O)[nH]c(=O)n1C12CC3CC(CC(C3)C1)C2. The Hall–Kier alpha value is -1.36. The van der Waals surface area contributed by atoms with E-state index in [1.807, 2.05) is 4.57 Å². The number of aromatic amines is 1. The minimum Gasteiger partial charge on any atom is -0.325 e. The molecule has 5 heteroatoms. The summed E-state index contributed by atoms with van der Waals surface area (Å²) in [6.45, 7) is 0.251. The molecule has 108 valence electrons. The van der Waals surface area contributed by atoms with Crippen LogP contribution in [-0.2, 0) is 12.1 Å². The van der Waals surface area contributed by atoms with Gasteiger partial charge in [0.1, 0.15) is 0 Å². The van der Waals surface area contributed by atoms with Crippen molar-refractivity contribution >= 4 is 0 Å². The molecule has 0 saturated heterocycles. The highest BCUT2D eigenvalue weighted by atomic mass is 16.2. The van der Waals surface area contributed by atoms with Crippen LogP contribution in [0.3, 0.4) is 0 Å². The van der Waals surface area contributed by atoms with Crippen LogP contribution in [0.5, 0.6) is 0 Å². The second kappa shape index (κ2) is 4.07. The van der Waals surface area contributed by atoms with E-state index in [1.165, 1.54) is 25.3 Å². The van der Waals surface area contributed by atoms with Crippen molar-refractivity contribution in [2.45, 2.75) is 50.6 Å². The highest BCUT2D eigenvalue weighted by molar-refractivity contribution is 5.12. The smallest absolute Gasteiger partial charge is 0.325 e. The molecule has 1 heterocycles. The van der Waals surface area contributed by atoms with Crippen molar-refractivity contribution in [3.05, 3.63) is 32.6 Å². The van der Waals surface area contributed by atoms with E-state index in [1.54, 1.807) is 0 Å². The summed E-state index contributed by atoms with van der Waals surface area (Å²) >= 11 is 0. The van der Waals surface area contributed by atoms with Gasteiger partial charge in [0.05, 0.1) is 5.54 Å². The molecule has 4 aliphatic carbocycles. The van der Waals surface area contributed by atoms with Crippen LogP contribution in [0, 0.1) is 17.8 Å². The molecular formula is C15H21N3O2. The fourth-order valence-electron chi connectivity index (χ4n) is 5.55. The summed E-state index contributed by atoms with van der Waals surface area (Å²) < 4.78 is 1.85. The lowest BCUT2D eigenvalue weighted by atomic mass is 9.53. The van der Waals surface area contributed by atoms with E-state index in [-0.39, 0.29) is 23.3 Å². The maximum atomic E-state index is 12.4. The van der Waals surface area contributed by atoms with Gasteiger partial charge in [0, 0.05) is 18.3 Å². The number of nitrogens with two attached hydrogens (primary N) is 1. The van der Waals surface area contributed by atoms with Gasteiger partial charge in [0.25, 0.3) is 5.56 Å². The predicted molar refractivity (Wildman–Crippen MR) is 75.4 cm³/mol. The van der Waals surface area contributed by atoms with Gasteiger partial charge < -0.3 is 5.73 Å². The van der Waals surface area contributed by atoms with Gasteiger partial charge in [0.15, 0.2) is 0 Å². The molecule has 0 amide bonds. The second-order valence-corrected chi connectivity index (χ2v) is 7.11. The van der Waals surface area contributed by atoms with Crippen molar-refractivity contribution < 1.29 is 0 Å². The fourth-order valence-corrected chi connectivity index (χ4v) is 5.55. The van der Waals surface area contributed by atoms with Crippen molar-refractivity contribution in [3.63, 3.8) is 0 Å². The summed E-state index contributed by atoms with van der Waals surface area (Å²) in [5.41, 5.74) is 5.81. The summed E-state index contributed by atoms with van der Waals surface area (Å²) in [7, 11) is 0. The zero-order valence-corrected chi connectivity index (χ0v) is 11.6. The van der Waals surface area contributed by atoms with Crippen molar-refractivity contribution in [2.24, 2.45) is 23.5 Å². The molecule has 0 spiro atoms. The van der Waals surface area contributed by atoms with E-state index in [9.17, 15) is 9.59 Å².